The number of anilines is 1. The molecule has 3 N–H and O–H groups in total. The summed E-state index contributed by atoms with van der Waals surface area (Å²) >= 11 is 0. The van der Waals surface area contributed by atoms with Crippen LogP contribution in [0.3, 0.4) is 0 Å². The van der Waals surface area contributed by atoms with Gasteiger partial charge >= 0.3 is 0 Å². The lowest BCUT2D eigenvalue weighted by molar-refractivity contribution is -0.150. The molecule has 2 aromatic heterocycles. The summed E-state index contributed by atoms with van der Waals surface area (Å²) in [6.07, 6.45) is 0.423. The van der Waals surface area contributed by atoms with Gasteiger partial charge in [0.2, 0.25) is 14.3 Å². The second kappa shape index (κ2) is 13.3. The first kappa shape index (κ1) is 36.1. The van der Waals surface area contributed by atoms with Gasteiger partial charge in [-0.2, -0.15) is 0 Å². The van der Waals surface area contributed by atoms with E-state index in [4.69, 9.17) is 4.74 Å². The van der Waals surface area contributed by atoms with E-state index in [0.717, 1.165) is 12.0 Å². The Kier molecular flexibility index (Phi) is 8.56. The third-order valence-corrected chi connectivity index (χ3v) is 14.6. The first-order chi connectivity index (χ1) is 26.9. The van der Waals surface area contributed by atoms with Gasteiger partial charge in [0.15, 0.2) is 5.60 Å². The molecular formula is C42H43FN6O6Si. The number of likely N-dealkylation sites (tertiary alicyclic amines) is 1. The van der Waals surface area contributed by atoms with Crippen molar-refractivity contribution in [3.05, 3.63) is 123 Å². The molecular weight excluding hydrogens is 732 g/mol. The summed E-state index contributed by atoms with van der Waals surface area (Å²) in [6.45, 7) is 5.48. The van der Waals surface area contributed by atoms with Gasteiger partial charge in [0.05, 0.1) is 70.6 Å². The molecule has 3 aliphatic heterocycles. The lowest BCUT2D eigenvalue weighted by atomic mass is 9.82. The molecule has 1 spiro atoms. The highest BCUT2D eigenvalue weighted by atomic mass is 28.4. The number of amides is 2. The highest BCUT2D eigenvalue weighted by molar-refractivity contribution is 6.72. The van der Waals surface area contributed by atoms with E-state index in [-0.39, 0.29) is 48.5 Å². The van der Waals surface area contributed by atoms with Crippen molar-refractivity contribution in [1.29, 1.82) is 0 Å². The molecule has 9 rings (SSSR count). The van der Waals surface area contributed by atoms with Crippen molar-refractivity contribution in [3.8, 4) is 11.4 Å². The van der Waals surface area contributed by atoms with Gasteiger partial charge in [-0.1, -0.05) is 43.3 Å². The summed E-state index contributed by atoms with van der Waals surface area (Å²) in [6, 6.07) is 26.9. The van der Waals surface area contributed by atoms with Gasteiger partial charge in [0.1, 0.15) is 0 Å². The smallest absolute Gasteiger partial charge is 0.279 e. The maximum atomic E-state index is 16.7. The second-order valence-electron chi connectivity index (χ2n) is 15.9. The van der Waals surface area contributed by atoms with Gasteiger partial charge in [-0.25, -0.2) is 9.36 Å². The fourth-order valence-corrected chi connectivity index (χ4v) is 12.1. The van der Waals surface area contributed by atoms with Gasteiger partial charge in [0, 0.05) is 23.6 Å². The SMILES string of the molecule is C[C@@H]1[C@@H]([Si](C)(C)F)[C@H](CC(=O)N2CCC[C@H]2CO)O[C@@]12C(=O)N(Cc1cccc(-n3[nH]c4ccccc4c3=O)c1)c1ccc(-n3[nH]c4ccccc4c3=O)cc12. The molecule has 288 valence electrons. The zero-order valence-corrected chi connectivity index (χ0v) is 32.4. The quantitative estimate of drug-likeness (QED) is 0.135. The van der Waals surface area contributed by atoms with Crippen LogP contribution in [0.25, 0.3) is 33.2 Å². The minimum Gasteiger partial charge on any atom is -0.394 e. The Hall–Kier alpha value is -5.57. The van der Waals surface area contributed by atoms with E-state index in [1.54, 1.807) is 59.3 Å². The maximum Gasteiger partial charge on any atom is 0.279 e. The molecule has 3 aliphatic rings. The number of halogens is 1. The largest absolute Gasteiger partial charge is 0.394 e. The Morgan fingerprint density at radius 2 is 1.54 bits per heavy atom. The molecule has 5 heterocycles. The van der Waals surface area contributed by atoms with E-state index in [9.17, 15) is 19.5 Å². The van der Waals surface area contributed by atoms with Crippen LogP contribution in [-0.2, 0) is 26.5 Å². The normalized spacial score (nSPS) is 23.6. The average molecular weight is 775 g/mol. The van der Waals surface area contributed by atoms with Crippen molar-refractivity contribution in [2.45, 2.75) is 69.1 Å². The number of para-hydroxylation sites is 2. The number of nitrogens with one attached hydrogen (secondary N) is 2. The number of carbonyl (C=O) groups excluding carboxylic acids is 2. The third-order valence-electron chi connectivity index (χ3n) is 12.2. The molecule has 0 bridgehead atoms. The molecule has 12 nitrogen and oxygen atoms in total. The van der Waals surface area contributed by atoms with Crippen molar-refractivity contribution in [1.82, 2.24) is 24.5 Å². The van der Waals surface area contributed by atoms with Crippen LogP contribution < -0.4 is 16.0 Å². The number of benzene rings is 4. The van der Waals surface area contributed by atoms with Crippen LogP contribution in [-0.4, -0.2) is 75.1 Å². The number of rotatable bonds is 8. The number of fused-ring (bicyclic) bond motifs is 4. The Morgan fingerprint density at radius 1 is 0.893 bits per heavy atom. The minimum absolute atomic E-state index is 0.106. The lowest BCUT2D eigenvalue weighted by Gasteiger charge is -2.31. The van der Waals surface area contributed by atoms with E-state index in [1.165, 1.54) is 9.36 Å². The number of hydrogen-bond acceptors (Lipinski definition) is 6. The molecule has 2 fully saturated rings. The number of aliphatic hydroxyl groups excluding tert-OH is 1. The van der Waals surface area contributed by atoms with Crippen molar-refractivity contribution >= 4 is 47.7 Å². The second-order valence-corrected chi connectivity index (χ2v) is 19.7. The molecule has 56 heavy (non-hydrogen) atoms. The number of aliphatic hydroxyl groups is 1. The number of carbonyl (C=O) groups is 2. The minimum atomic E-state index is -3.61. The summed E-state index contributed by atoms with van der Waals surface area (Å²) in [5, 5.41) is 17.4. The van der Waals surface area contributed by atoms with Crippen molar-refractivity contribution in [3.63, 3.8) is 0 Å². The van der Waals surface area contributed by atoms with Crippen LogP contribution in [0.4, 0.5) is 9.80 Å². The van der Waals surface area contributed by atoms with Crippen molar-refractivity contribution in [2.24, 2.45) is 5.92 Å². The molecule has 0 aliphatic carbocycles. The zero-order valence-electron chi connectivity index (χ0n) is 31.4. The first-order valence-corrected chi connectivity index (χ1v) is 22.1. The molecule has 2 saturated heterocycles. The Balaban J connectivity index is 1.15. The summed E-state index contributed by atoms with van der Waals surface area (Å²) in [7, 11) is -3.61. The fourth-order valence-electron chi connectivity index (χ4n) is 9.63. The van der Waals surface area contributed by atoms with Gasteiger partial charge in [-0.05, 0) is 86.1 Å². The van der Waals surface area contributed by atoms with E-state index >= 15 is 8.90 Å². The molecule has 0 saturated carbocycles. The molecule has 2 amide bonds. The van der Waals surface area contributed by atoms with Crippen LogP contribution >= 0.6 is 0 Å². The van der Waals surface area contributed by atoms with Crippen LogP contribution in [0.2, 0.25) is 18.6 Å². The van der Waals surface area contributed by atoms with Crippen LogP contribution in [0.1, 0.15) is 37.3 Å². The van der Waals surface area contributed by atoms with E-state index in [0.29, 0.717) is 57.4 Å². The van der Waals surface area contributed by atoms with Gasteiger partial charge < -0.3 is 23.8 Å². The molecule has 0 unspecified atom stereocenters. The number of H-pyrrole nitrogens is 2. The maximum absolute atomic E-state index is 16.7. The molecule has 0 radical (unpaired) electrons. The monoisotopic (exact) mass is 774 g/mol. The highest BCUT2D eigenvalue weighted by Crippen LogP contribution is 2.60. The van der Waals surface area contributed by atoms with Crippen molar-refractivity contribution < 1.29 is 23.5 Å². The van der Waals surface area contributed by atoms with Gasteiger partial charge in [0.25, 0.3) is 17.0 Å². The standard InChI is InChI=1S/C42H43FN6O6Si/c1-25-38(56(2,3)43)36(22-37(51)46-19-9-12-29(46)24-50)55-42(25)32-21-28(49-40(53)31-14-5-7-16-34(31)45-49)17-18-35(32)47(41(42)54)23-26-10-8-11-27(20-26)48-39(52)30-13-4-6-15-33(30)44-48/h4-8,10-11,13-18,20-21,25,29,36,38,44-45,50H,9,12,19,22-24H2,1-3H3/t25-,29+,36+,38-,42+/m1/s1. The van der Waals surface area contributed by atoms with Crippen LogP contribution in [0.15, 0.2) is 101 Å². The highest BCUT2D eigenvalue weighted by Gasteiger charge is 2.67. The molecule has 14 heteroatoms. The summed E-state index contributed by atoms with van der Waals surface area (Å²) in [5.74, 6) is -1.30. The third kappa shape index (κ3) is 5.52. The summed E-state index contributed by atoms with van der Waals surface area (Å²) in [5.41, 5.74) is 1.34. The Labute approximate surface area is 322 Å². The van der Waals surface area contributed by atoms with Crippen LogP contribution in [0.5, 0.6) is 0 Å². The van der Waals surface area contributed by atoms with Crippen molar-refractivity contribution in [2.75, 3.05) is 18.1 Å². The predicted octanol–water partition coefficient (Wildman–Crippen LogP) is 5.65. The van der Waals surface area contributed by atoms with Gasteiger partial charge in [-0.15, -0.1) is 0 Å². The summed E-state index contributed by atoms with van der Waals surface area (Å²) < 4.78 is 26.5. The van der Waals surface area contributed by atoms with E-state index in [2.05, 4.69) is 10.2 Å². The number of aromatic nitrogens is 4. The number of nitrogens with zero attached hydrogens (tertiary/aromatic N) is 4. The van der Waals surface area contributed by atoms with E-state index in [1.807, 2.05) is 61.5 Å². The summed E-state index contributed by atoms with van der Waals surface area (Å²) in [4.78, 5) is 59.4. The molecule has 6 aromatic rings. The van der Waals surface area contributed by atoms with Gasteiger partial charge in [-0.3, -0.25) is 29.4 Å². The zero-order chi connectivity index (χ0) is 39.1. The Morgan fingerprint density at radius 3 is 2.16 bits per heavy atom. The number of hydrogen-bond donors (Lipinski definition) is 3. The Bertz CT molecular complexity index is 2660. The first-order valence-electron chi connectivity index (χ1n) is 19.1. The molecule has 4 aromatic carbocycles. The predicted molar refractivity (Wildman–Crippen MR) is 213 cm³/mol. The van der Waals surface area contributed by atoms with E-state index < -0.39 is 31.6 Å². The topological polar surface area (TPSA) is 146 Å². The average Bonchev–Trinajstić information content (AvgIpc) is 3.99. The van der Waals surface area contributed by atoms with Crippen LogP contribution in [0, 0.1) is 5.92 Å². The number of ether oxygens (including phenoxy) is 1. The lowest BCUT2D eigenvalue weighted by Crippen LogP contribution is -2.45. The number of aromatic amines is 2. The molecule has 5 atom stereocenters. The fraction of sp³-hybridized carbons (Fsp3) is 0.333.